The number of nitrogens with zero attached hydrogens (tertiary/aromatic N) is 7. The number of carboxylic acids is 4. The Hall–Kier alpha value is -7.43. The van der Waals surface area contributed by atoms with E-state index in [9.17, 15) is 58.8 Å². The molecule has 0 saturated carbocycles. The highest BCUT2D eigenvalue weighted by Gasteiger charge is 2.77. The number of ether oxygens (including phenoxy) is 2. The van der Waals surface area contributed by atoms with Gasteiger partial charge in [-0.05, 0) is 76.3 Å². The average molecular weight is 1190 g/mol. The molecule has 7 rings (SSSR count). The maximum absolute atomic E-state index is 13.8. The fourth-order valence-electron chi connectivity index (χ4n) is 13.0. The van der Waals surface area contributed by atoms with Crippen molar-refractivity contribution in [1.29, 1.82) is 0 Å². The molecule has 11 atom stereocenters. The molecular weight excluding hydrogens is 1100 g/mol. The first-order chi connectivity index (χ1) is 40.8. The van der Waals surface area contributed by atoms with Gasteiger partial charge in [0.2, 0.25) is 11.8 Å². The molecule has 26 nitrogen and oxygen atoms in total. The lowest BCUT2D eigenvalue weighted by molar-refractivity contribution is -0.322. The van der Waals surface area contributed by atoms with Gasteiger partial charge in [0.15, 0.2) is 0 Å². The van der Waals surface area contributed by atoms with Gasteiger partial charge in [-0.1, -0.05) is 44.7 Å². The van der Waals surface area contributed by atoms with Gasteiger partial charge in [-0.15, -0.1) is 0 Å². The minimum atomic E-state index is -2.12. The lowest BCUT2D eigenvalue weighted by atomic mass is 9.54. The first-order valence-corrected chi connectivity index (χ1v) is 28.3. The highest BCUT2D eigenvalue weighted by Crippen LogP contribution is 2.63. The molecule has 4 fully saturated rings. The van der Waals surface area contributed by atoms with Gasteiger partial charge in [0, 0.05) is 111 Å². The second-order valence-electron chi connectivity index (χ2n) is 21.4. The summed E-state index contributed by atoms with van der Waals surface area (Å²) in [6.45, 7) is 10.0. The van der Waals surface area contributed by atoms with E-state index in [0.29, 0.717) is 12.2 Å². The fraction of sp³-hybridized carbons (Fsp3) is 0.542. The summed E-state index contributed by atoms with van der Waals surface area (Å²) in [5, 5.41) is 59.3. The molecule has 4 aliphatic heterocycles. The van der Waals surface area contributed by atoms with E-state index in [-0.39, 0.29) is 95.2 Å². The summed E-state index contributed by atoms with van der Waals surface area (Å²) in [5.41, 5.74) is -0.0893. The van der Waals surface area contributed by atoms with Crippen LogP contribution in [0.15, 0.2) is 97.7 Å². The van der Waals surface area contributed by atoms with Crippen LogP contribution < -0.4 is 21.7 Å². The Balaban J connectivity index is 0.00000323. The van der Waals surface area contributed by atoms with Crippen molar-refractivity contribution in [3.05, 3.63) is 115 Å². The van der Waals surface area contributed by atoms with Crippen LogP contribution in [0.2, 0.25) is 0 Å². The highest BCUT2D eigenvalue weighted by atomic mass is 16.5. The smallest absolute Gasteiger partial charge is 0.320 e. The lowest BCUT2D eigenvalue weighted by Crippen LogP contribution is -2.78. The SMILES string of the molecule is C=C(/C=C\C)O[C@H]1C2(C=O)CN(C)[C@H](c3ccccn3)C1(C=O)CN([C@@H](CCC(=O)NCCN(CCN)CCNC(=O)CC[C@H](C(=O)O)N1CC3(C(=O)O)[C@@H](O[C@@H]3c3ccccn3)C(C(=O)O)([C@@H](NC)c3ccccn3)C1)C(=O)O)C2.CC.CO. The number of carbonyl (C=O) groups is 8. The van der Waals surface area contributed by atoms with Crippen LogP contribution in [0.5, 0.6) is 0 Å². The summed E-state index contributed by atoms with van der Waals surface area (Å²) >= 11 is 0. The van der Waals surface area contributed by atoms with Gasteiger partial charge in [-0.3, -0.25) is 63.3 Å². The third-order valence-corrected chi connectivity index (χ3v) is 16.4. The Morgan fingerprint density at radius 1 is 0.776 bits per heavy atom. The number of piperidine rings is 3. The number of likely N-dealkylation sites (tertiary alicyclic amines) is 3. The summed E-state index contributed by atoms with van der Waals surface area (Å²) in [7, 11) is 4.28. The van der Waals surface area contributed by atoms with Crippen molar-refractivity contribution in [3.8, 4) is 0 Å². The number of amides is 2. The van der Waals surface area contributed by atoms with E-state index >= 15 is 0 Å². The number of pyridine rings is 3. The van der Waals surface area contributed by atoms with Crippen LogP contribution in [-0.4, -0.2) is 226 Å². The number of aliphatic carboxylic acids is 4. The minimum Gasteiger partial charge on any atom is -0.489 e. The number of aldehydes is 2. The number of aromatic nitrogens is 3. The number of fused-ring (bicyclic) bond motifs is 3. The molecular formula is C59H83N11O15. The monoisotopic (exact) mass is 1190 g/mol. The van der Waals surface area contributed by atoms with Crippen molar-refractivity contribution in [2.45, 2.75) is 88.9 Å². The van der Waals surface area contributed by atoms with Crippen LogP contribution >= 0.6 is 0 Å². The molecule has 4 aliphatic rings. The largest absolute Gasteiger partial charge is 0.489 e. The molecule has 0 radical (unpaired) electrons. The van der Waals surface area contributed by atoms with Gasteiger partial charge in [0.05, 0.1) is 46.1 Å². The average Bonchev–Trinajstić information content (AvgIpc) is 0.719. The van der Waals surface area contributed by atoms with Gasteiger partial charge < -0.3 is 66.3 Å². The molecule has 3 aromatic heterocycles. The number of aliphatic hydroxyl groups excluding tert-OH is 1. The zero-order valence-electron chi connectivity index (χ0n) is 49.1. The standard InChI is InChI=1S/C56H73N11O14.C2H6.CH4O/c1-5-12-36(2)80-49-53(34-68)29-64(4)45(38-14-7-10-22-60-38)54(49,35-69)31-66(30-53)40(47(72)73)16-18-42(70)62-24-27-65(26-20-57)28-25-63-43(71)19-17-41(48(74)75)67-32-55(51(76)77,44(58-3)37-13-6-9-21-59-37)50-56(33-67,52(78)79)46(81-50)39-15-8-11-23-61-39;2*1-2/h5-15,21-23,34-35,40-41,44-46,49-50,58H,2,16-20,24-33,57H2,1,3-4H3,(H,62,70)(H,63,71)(H,72,73)(H,74,75)(H,76,77)(H,78,79);1-2H3;2H,1H3/b12-5-;;/t40-,41+,44-,45+,46+,49-,50-,53?,54?,55?,56?;;/m0../s1. The Labute approximate surface area is 494 Å². The van der Waals surface area contributed by atoms with E-state index in [1.165, 1.54) is 24.3 Å². The predicted octanol–water partition coefficient (Wildman–Crippen LogP) is 1.17. The van der Waals surface area contributed by atoms with E-state index in [1.54, 1.807) is 91.8 Å². The Bertz CT molecular complexity index is 2790. The quantitative estimate of drug-likeness (QED) is 0.0257. The molecule has 0 spiro atoms. The summed E-state index contributed by atoms with van der Waals surface area (Å²) in [6, 6.07) is 10.3. The van der Waals surface area contributed by atoms with Gasteiger partial charge >= 0.3 is 23.9 Å². The molecule has 3 aromatic rings. The van der Waals surface area contributed by atoms with Crippen LogP contribution in [0.4, 0.5) is 0 Å². The van der Waals surface area contributed by atoms with Gasteiger partial charge in [-0.25, -0.2) is 0 Å². The Morgan fingerprint density at radius 3 is 1.79 bits per heavy atom. The summed E-state index contributed by atoms with van der Waals surface area (Å²) < 4.78 is 12.6. The number of carbonyl (C=O) groups excluding carboxylic acids is 4. The number of hydrogen-bond donors (Lipinski definition) is 9. The van der Waals surface area contributed by atoms with Crippen molar-refractivity contribution >= 4 is 48.3 Å². The van der Waals surface area contributed by atoms with Crippen LogP contribution in [-0.2, 0) is 47.8 Å². The molecule has 7 heterocycles. The second kappa shape index (κ2) is 31.1. The number of nitrogens with two attached hydrogens (primary N) is 1. The number of aliphatic hydroxyl groups is 1. The molecule has 0 aromatic carbocycles. The molecule has 2 amide bonds. The van der Waals surface area contributed by atoms with E-state index in [1.807, 2.05) is 23.6 Å². The molecule has 26 heteroatoms. The van der Waals surface area contributed by atoms with Crippen molar-refractivity contribution < 1.29 is 73.4 Å². The Kier molecular flexibility index (Phi) is 25.0. The number of allylic oxidation sites excluding steroid dienone is 2. The van der Waals surface area contributed by atoms with Crippen molar-refractivity contribution in [1.82, 2.24) is 50.5 Å². The molecule has 464 valence electrons. The normalized spacial score (nSPS) is 26.5. The fourth-order valence-corrected chi connectivity index (χ4v) is 13.0. The van der Waals surface area contributed by atoms with E-state index in [0.717, 1.165) is 19.7 Å². The van der Waals surface area contributed by atoms with Crippen molar-refractivity contribution in [2.24, 2.45) is 27.4 Å². The third kappa shape index (κ3) is 14.5. The summed E-state index contributed by atoms with van der Waals surface area (Å²) in [6.07, 6.45) is 4.48. The first-order valence-electron chi connectivity index (χ1n) is 28.3. The van der Waals surface area contributed by atoms with E-state index in [2.05, 4.69) is 37.5 Å². The zero-order chi connectivity index (χ0) is 62.7. The van der Waals surface area contributed by atoms with Crippen molar-refractivity contribution in [3.63, 3.8) is 0 Å². The Morgan fingerprint density at radius 2 is 1.33 bits per heavy atom. The third-order valence-electron chi connectivity index (χ3n) is 16.4. The van der Waals surface area contributed by atoms with Gasteiger partial charge in [-0.2, -0.15) is 0 Å². The first kappa shape index (κ1) is 68.4. The number of rotatable bonds is 30. The number of nitrogens with one attached hydrogen (secondary N) is 3. The molecule has 2 bridgehead atoms. The number of carboxylic acid groups (broad SMARTS) is 4. The maximum atomic E-state index is 13.8. The van der Waals surface area contributed by atoms with Gasteiger partial charge in [0.25, 0.3) is 0 Å². The van der Waals surface area contributed by atoms with Crippen LogP contribution in [0.25, 0.3) is 0 Å². The van der Waals surface area contributed by atoms with Crippen LogP contribution in [0.1, 0.15) is 81.7 Å². The highest BCUT2D eigenvalue weighted by molar-refractivity contribution is 5.86. The van der Waals surface area contributed by atoms with Crippen LogP contribution in [0.3, 0.4) is 0 Å². The minimum absolute atomic E-state index is 0.0870. The molecule has 85 heavy (non-hydrogen) atoms. The predicted molar refractivity (Wildman–Crippen MR) is 309 cm³/mol. The van der Waals surface area contributed by atoms with Gasteiger partial charge in [0.1, 0.15) is 53.5 Å². The second-order valence-corrected chi connectivity index (χ2v) is 21.4. The lowest BCUT2D eigenvalue weighted by Gasteiger charge is -2.64. The topological polar surface area (TPSA) is 370 Å². The van der Waals surface area contributed by atoms with Crippen molar-refractivity contribution in [2.75, 3.05) is 93.2 Å². The summed E-state index contributed by atoms with van der Waals surface area (Å²) in [4.78, 5) is 127. The number of hydrogen-bond acceptors (Lipinski definition) is 20. The molecule has 0 aliphatic carbocycles. The zero-order valence-corrected chi connectivity index (χ0v) is 49.1. The molecule has 4 saturated heterocycles. The van der Waals surface area contributed by atoms with E-state index in [4.69, 9.17) is 20.3 Å². The van der Waals surface area contributed by atoms with E-state index < -0.39 is 113 Å². The molecule has 10 N–H and O–H groups in total. The summed E-state index contributed by atoms with van der Waals surface area (Å²) in [5.74, 6) is -6.25. The maximum Gasteiger partial charge on any atom is 0.320 e. The van der Waals surface area contributed by atoms with Crippen LogP contribution in [0, 0.1) is 21.7 Å². The molecule has 4 unspecified atom stereocenters.